The van der Waals surface area contributed by atoms with Gasteiger partial charge < -0.3 is 9.84 Å². The van der Waals surface area contributed by atoms with E-state index in [-0.39, 0.29) is 13.2 Å². The number of carbonyl (C=O) groups is 1. The van der Waals surface area contributed by atoms with Crippen LogP contribution in [0.5, 0.6) is 0 Å². The normalized spacial score (nSPS) is 12.2. The van der Waals surface area contributed by atoms with Crippen molar-refractivity contribution in [3.8, 4) is 0 Å². The Labute approximate surface area is 70.1 Å². The van der Waals surface area contributed by atoms with Gasteiger partial charge in [-0.05, 0) is 6.92 Å². The minimum Gasteiger partial charge on any atom is -0.480 e. The Balaban J connectivity index is 3.95. The highest BCUT2D eigenvalue weighted by atomic mass is 16.5. The van der Waals surface area contributed by atoms with Gasteiger partial charge >= 0.3 is 5.97 Å². The number of methoxy groups -OCH3 is 1. The molecule has 0 saturated carbocycles. The Morgan fingerprint density at radius 3 is 2.67 bits per heavy atom. The van der Waals surface area contributed by atoms with E-state index in [1.807, 2.05) is 0 Å². The molecule has 70 valence electrons. The molecule has 0 aromatic heterocycles. The maximum Gasteiger partial charge on any atom is 0.327 e. The third kappa shape index (κ3) is 3.29. The van der Waals surface area contributed by atoms with Gasteiger partial charge in [0.15, 0.2) is 0 Å². The van der Waals surface area contributed by atoms with Gasteiger partial charge in [0.05, 0.1) is 18.4 Å². The Bertz CT molecular complexity index is 162. The van der Waals surface area contributed by atoms with E-state index in [4.69, 9.17) is 5.11 Å². The Morgan fingerprint density at radius 2 is 2.33 bits per heavy atom. The van der Waals surface area contributed by atoms with E-state index in [1.165, 1.54) is 14.0 Å². The molecule has 0 aromatic rings. The largest absolute Gasteiger partial charge is 0.480 e. The van der Waals surface area contributed by atoms with Gasteiger partial charge in [-0.1, -0.05) is 0 Å². The fraction of sp³-hybridized carbons (Fsp3) is 0.833. The third-order valence-corrected chi connectivity index (χ3v) is 1.43. The summed E-state index contributed by atoms with van der Waals surface area (Å²) in [5, 5.41) is 12.0. The summed E-state index contributed by atoms with van der Waals surface area (Å²) in [6.07, 6.45) is 0. The van der Waals surface area contributed by atoms with E-state index in [1.54, 1.807) is 0 Å². The first-order valence-electron chi connectivity index (χ1n) is 3.45. The van der Waals surface area contributed by atoms with E-state index in [0.717, 1.165) is 5.01 Å². The van der Waals surface area contributed by atoms with Crippen molar-refractivity contribution < 1.29 is 14.6 Å². The van der Waals surface area contributed by atoms with Crippen molar-refractivity contribution in [2.45, 2.75) is 13.0 Å². The van der Waals surface area contributed by atoms with E-state index >= 15 is 0 Å². The number of carboxylic acid groups (broad SMARTS) is 1. The van der Waals surface area contributed by atoms with Gasteiger partial charge in [-0.25, -0.2) is 9.80 Å². The molecule has 0 bridgehead atoms. The lowest BCUT2D eigenvalue weighted by Gasteiger charge is -2.18. The van der Waals surface area contributed by atoms with Gasteiger partial charge in [0.2, 0.25) is 0 Å². The summed E-state index contributed by atoms with van der Waals surface area (Å²) in [4.78, 5) is 20.5. The summed E-state index contributed by atoms with van der Waals surface area (Å²) in [6, 6.07) is -0.905. The maximum absolute atomic E-state index is 10.4. The van der Waals surface area contributed by atoms with Crippen LogP contribution in [0.3, 0.4) is 0 Å². The predicted molar refractivity (Wildman–Crippen MR) is 41.5 cm³/mol. The van der Waals surface area contributed by atoms with Crippen molar-refractivity contribution in [1.82, 2.24) is 5.01 Å². The molecular weight excluding hydrogens is 164 g/mol. The maximum atomic E-state index is 10.4. The Morgan fingerprint density at radius 1 is 1.75 bits per heavy atom. The molecule has 0 saturated heterocycles. The molecule has 0 aliphatic carbocycles. The quantitative estimate of drug-likeness (QED) is 0.458. The highest BCUT2D eigenvalue weighted by Gasteiger charge is 2.19. The second-order valence-electron chi connectivity index (χ2n) is 2.25. The number of hydrogen-bond acceptors (Lipinski definition) is 4. The predicted octanol–water partition coefficient (Wildman–Crippen LogP) is 0.0893. The van der Waals surface area contributed by atoms with Crippen LogP contribution >= 0.6 is 0 Å². The molecule has 6 heteroatoms. The molecule has 12 heavy (non-hydrogen) atoms. The average Bonchev–Trinajstić information content (AvgIpc) is 2.05. The third-order valence-electron chi connectivity index (χ3n) is 1.43. The van der Waals surface area contributed by atoms with Crippen LogP contribution in [-0.2, 0) is 9.53 Å². The Hall–Kier alpha value is -1.17. The Kier molecular flexibility index (Phi) is 4.94. The number of aliphatic carboxylic acids is 1. The van der Waals surface area contributed by atoms with Crippen LogP contribution in [0.2, 0.25) is 0 Å². The summed E-state index contributed by atoms with van der Waals surface area (Å²) in [5.41, 5.74) is 0. The van der Waals surface area contributed by atoms with Crippen LogP contribution in [0.25, 0.3) is 0 Å². The summed E-state index contributed by atoms with van der Waals surface area (Å²) in [5.74, 6) is -1.08. The van der Waals surface area contributed by atoms with E-state index < -0.39 is 12.0 Å². The van der Waals surface area contributed by atoms with Crippen LogP contribution in [-0.4, -0.2) is 42.4 Å². The minimum absolute atomic E-state index is 0.188. The lowest BCUT2D eigenvalue weighted by Crippen LogP contribution is -2.36. The fourth-order valence-corrected chi connectivity index (χ4v) is 0.617. The average molecular weight is 176 g/mol. The first-order chi connectivity index (χ1) is 5.63. The van der Waals surface area contributed by atoms with Crippen molar-refractivity contribution in [3.05, 3.63) is 4.91 Å². The molecule has 1 N–H and O–H groups in total. The SMILES string of the molecule is COCCN(N=O)[C@@H](C)C(=O)O. The zero-order valence-electron chi connectivity index (χ0n) is 7.06. The second-order valence-corrected chi connectivity index (χ2v) is 2.25. The van der Waals surface area contributed by atoms with E-state index in [9.17, 15) is 9.70 Å². The molecule has 0 aliphatic heterocycles. The summed E-state index contributed by atoms with van der Waals surface area (Å²) < 4.78 is 4.67. The molecule has 0 aliphatic rings. The molecule has 0 aromatic carbocycles. The van der Waals surface area contributed by atoms with Gasteiger partial charge in [0.25, 0.3) is 0 Å². The summed E-state index contributed by atoms with van der Waals surface area (Å²) >= 11 is 0. The molecule has 0 fully saturated rings. The van der Waals surface area contributed by atoms with Crippen molar-refractivity contribution >= 4 is 5.97 Å². The van der Waals surface area contributed by atoms with E-state index in [0.29, 0.717) is 0 Å². The molecular formula is C6H12N2O4. The number of nitrogens with zero attached hydrogens (tertiary/aromatic N) is 2. The van der Waals surface area contributed by atoms with Crippen molar-refractivity contribution in [2.24, 2.45) is 5.29 Å². The van der Waals surface area contributed by atoms with Gasteiger partial charge in [0.1, 0.15) is 6.04 Å². The molecule has 0 amide bonds. The molecule has 0 heterocycles. The topological polar surface area (TPSA) is 79.2 Å². The number of hydrogen-bond donors (Lipinski definition) is 1. The molecule has 1 atom stereocenters. The smallest absolute Gasteiger partial charge is 0.327 e. The second kappa shape index (κ2) is 5.48. The molecule has 0 radical (unpaired) electrons. The van der Waals surface area contributed by atoms with Crippen molar-refractivity contribution in [2.75, 3.05) is 20.3 Å². The molecule has 0 rings (SSSR count). The van der Waals surface area contributed by atoms with Gasteiger partial charge in [0, 0.05) is 7.11 Å². The van der Waals surface area contributed by atoms with Crippen molar-refractivity contribution in [1.29, 1.82) is 0 Å². The number of rotatable bonds is 6. The first kappa shape index (κ1) is 10.8. The number of nitroso groups, excluding NO2 is 1. The molecule has 0 spiro atoms. The van der Waals surface area contributed by atoms with Crippen LogP contribution in [0, 0.1) is 4.91 Å². The lowest BCUT2D eigenvalue weighted by molar-refractivity contribution is -0.142. The van der Waals surface area contributed by atoms with Crippen LogP contribution in [0.1, 0.15) is 6.92 Å². The zero-order valence-corrected chi connectivity index (χ0v) is 7.06. The molecule has 6 nitrogen and oxygen atoms in total. The lowest BCUT2D eigenvalue weighted by atomic mass is 10.3. The number of carboxylic acids is 1. The van der Waals surface area contributed by atoms with Gasteiger partial charge in [-0.2, -0.15) is 0 Å². The van der Waals surface area contributed by atoms with Gasteiger partial charge in [-0.3, -0.25) is 0 Å². The number of ether oxygens (including phenoxy) is 1. The zero-order chi connectivity index (χ0) is 9.56. The first-order valence-corrected chi connectivity index (χ1v) is 3.45. The van der Waals surface area contributed by atoms with Crippen LogP contribution in [0.15, 0.2) is 5.29 Å². The van der Waals surface area contributed by atoms with Crippen LogP contribution < -0.4 is 0 Å². The fourth-order valence-electron chi connectivity index (χ4n) is 0.617. The standard InChI is InChI=1S/C6H12N2O4/c1-5(6(9)10)8(7-11)3-4-12-2/h5H,3-4H2,1-2H3,(H,9,10)/t5-/m0/s1. The summed E-state index contributed by atoms with van der Waals surface area (Å²) in [7, 11) is 1.47. The highest BCUT2D eigenvalue weighted by molar-refractivity contribution is 5.72. The monoisotopic (exact) mass is 176 g/mol. The van der Waals surface area contributed by atoms with E-state index in [2.05, 4.69) is 10.0 Å². The minimum atomic E-state index is -1.08. The highest BCUT2D eigenvalue weighted by Crippen LogP contribution is 1.98. The van der Waals surface area contributed by atoms with Crippen LogP contribution in [0.4, 0.5) is 0 Å². The van der Waals surface area contributed by atoms with Gasteiger partial charge in [-0.15, -0.1) is 4.91 Å². The molecule has 0 unspecified atom stereocenters. The van der Waals surface area contributed by atoms with Crippen molar-refractivity contribution in [3.63, 3.8) is 0 Å². The summed E-state index contributed by atoms with van der Waals surface area (Å²) in [6.45, 7) is 1.86.